The zero-order valence-electron chi connectivity index (χ0n) is 8.99. The predicted molar refractivity (Wildman–Crippen MR) is 63.1 cm³/mol. The molecule has 1 aromatic rings. The minimum absolute atomic E-state index is 0.155. The Morgan fingerprint density at radius 2 is 2.18 bits per heavy atom. The topological polar surface area (TPSA) is 57.5 Å². The zero-order chi connectivity index (χ0) is 12.6. The summed E-state index contributed by atoms with van der Waals surface area (Å²) in [5, 5.41) is 18.8. The highest BCUT2D eigenvalue weighted by Gasteiger charge is 2.46. The fourth-order valence-corrected chi connectivity index (χ4v) is 2.62. The van der Waals surface area contributed by atoms with Crippen molar-refractivity contribution in [3.63, 3.8) is 0 Å². The smallest absolute Gasteiger partial charge is 0.306 e. The fraction of sp³-hybridized carbons (Fsp3) is 0.417. The van der Waals surface area contributed by atoms with Gasteiger partial charge in [-0.25, -0.2) is 4.39 Å². The van der Waals surface area contributed by atoms with Crippen molar-refractivity contribution in [1.82, 2.24) is 0 Å². The van der Waals surface area contributed by atoms with E-state index in [4.69, 9.17) is 5.11 Å². The highest BCUT2D eigenvalue weighted by molar-refractivity contribution is 9.10. The minimum atomic E-state index is -1.08. The number of carbonyl (C=O) groups is 1. The molecule has 1 aliphatic carbocycles. The largest absolute Gasteiger partial charge is 0.481 e. The lowest BCUT2D eigenvalue weighted by Gasteiger charge is -2.41. The highest BCUT2D eigenvalue weighted by Crippen LogP contribution is 2.40. The molecule has 3 nitrogen and oxygen atoms in total. The first-order valence-electron chi connectivity index (χ1n) is 5.29. The molecule has 1 saturated carbocycles. The number of hydrogen-bond acceptors (Lipinski definition) is 2. The van der Waals surface area contributed by atoms with E-state index in [2.05, 4.69) is 15.9 Å². The molecule has 5 heteroatoms. The third-order valence-corrected chi connectivity index (χ3v) is 3.62. The van der Waals surface area contributed by atoms with E-state index in [1.54, 1.807) is 12.1 Å². The average molecular weight is 303 g/mol. The van der Waals surface area contributed by atoms with E-state index in [0.29, 0.717) is 5.56 Å². The second-order valence-electron chi connectivity index (χ2n) is 4.58. The Morgan fingerprint density at radius 1 is 1.53 bits per heavy atom. The van der Waals surface area contributed by atoms with E-state index in [1.807, 2.05) is 0 Å². The summed E-state index contributed by atoms with van der Waals surface area (Å²) in [7, 11) is 0. The second kappa shape index (κ2) is 4.38. The maximum atomic E-state index is 13.5. The number of carboxylic acids is 1. The molecule has 0 atom stereocenters. The zero-order valence-corrected chi connectivity index (χ0v) is 10.6. The summed E-state index contributed by atoms with van der Waals surface area (Å²) in [6.07, 6.45) is 0.532. The number of hydrogen-bond donors (Lipinski definition) is 2. The number of aliphatic hydroxyl groups is 1. The first kappa shape index (κ1) is 12.5. The van der Waals surface area contributed by atoms with Crippen LogP contribution in [0.25, 0.3) is 0 Å². The predicted octanol–water partition coefficient (Wildman–Crippen LogP) is 2.36. The van der Waals surface area contributed by atoms with E-state index in [9.17, 15) is 14.3 Å². The number of aliphatic carboxylic acids is 1. The first-order chi connectivity index (χ1) is 7.89. The summed E-state index contributed by atoms with van der Waals surface area (Å²) >= 11 is 3.24. The summed E-state index contributed by atoms with van der Waals surface area (Å²) in [5.74, 6) is -1.78. The van der Waals surface area contributed by atoms with Crippen LogP contribution in [0.3, 0.4) is 0 Å². The van der Waals surface area contributed by atoms with Gasteiger partial charge >= 0.3 is 5.97 Å². The summed E-state index contributed by atoms with van der Waals surface area (Å²) in [4.78, 5) is 10.7. The normalized spacial score (nSPS) is 27.6. The van der Waals surface area contributed by atoms with E-state index in [0.717, 1.165) is 4.47 Å². The van der Waals surface area contributed by atoms with Crippen molar-refractivity contribution in [2.24, 2.45) is 5.92 Å². The molecular formula is C12H12BrFO3. The van der Waals surface area contributed by atoms with Gasteiger partial charge in [0.25, 0.3) is 0 Å². The van der Waals surface area contributed by atoms with Gasteiger partial charge < -0.3 is 10.2 Å². The average Bonchev–Trinajstić information content (AvgIpc) is 2.19. The molecule has 1 aromatic carbocycles. The molecule has 0 radical (unpaired) electrons. The van der Waals surface area contributed by atoms with Crippen molar-refractivity contribution < 1.29 is 19.4 Å². The lowest BCUT2D eigenvalue weighted by atomic mass is 9.68. The van der Waals surface area contributed by atoms with Gasteiger partial charge in [0.2, 0.25) is 0 Å². The molecular weight excluding hydrogens is 291 g/mol. The number of rotatable bonds is 3. The van der Waals surface area contributed by atoms with Gasteiger partial charge in [-0.1, -0.05) is 15.9 Å². The Hall–Kier alpha value is -0.940. The number of carboxylic acid groups (broad SMARTS) is 1. The SMILES string of the molecule is O=C(O)C1CC(O)(Cc2cc(Br)ccc2F)C1. The molecule has 17 heavy (non-hydrogen) atoms. The molecule has 1 fully saturated rings. The third kappa shape index (κ3) is 2.66. The van der Waals surface area contributed by atoms with Gasteiger partial charge in [0.05, 0.1) is 11.5 Å². The fourth-order valence-electron chi connectivity index (χ4n) is 2.21. The molecule has 2 N–H and O–H groups in total. The Morgan fingerprint density at radius 3 is 2.76 bits per heavy atom. The van der Waals surface area contributed by atoms with Crippen LogP contribution in [0, 0.1) is 11.7 Å². The van der Waals surface area contributed by atoms with Crippen LogP contribution in [0.1, 0.15) is 18.4 Å². The van der Waals surface area contributed by atoms with Crippen molar-refractivity contribution in [2.75, 3.05) is 0 Å². The van der Waals surface area contributed by atoms with Gasteiger partial charge in [0.1, 0.15) is 5.82 Å². The van der Waals surface area contributed by atoms with Crippen molar-refractivity contribution in [3.8, 4) is 0 Å². The van der Waals surface area contributed by atoms with E-state index >= 15 is 0 Å². The quantitative estimate of drug-likeness (QED) is 0.901. The van der Waals surface area contributed by atoms with E-state index in [1.165, 1.54) is 6.07 Å². The van der Waals surface area contributed by atoms with Gasteiger partial charge in [0, 0.05) is 10.9 Å². The molecule has 0 spiro atoms. The van der Waals surface area contributed by atoms with Crippen LogP contribution in [0.15, 0.2) is 22.7 Å². The monoisotopic (exact) mass is 302 g/mol. The maximum absolute atomic E-state index is 13.5. The molecule has 0 saturated heterocycles. The Labute approximate surface area is 106 Å². The summed E-state index contributed by atoms with van der Waals surface area (Å²) < 4.78 is 14.2. The van der Waals surface area contributed by atoms with Crippen molar-refractivity contribution in [1.29, 1.82) is 0 Å². The molecule has 2 rings (SSSR count). The van der Waals surface area contributed by atoms with Gasteiger partial charge in [-0.2, -0.15) is 0 Å². The van der Waals surface area contributed by atoms with Gasteiger partial charge in [0.15, 0.2) is 0 Å². The Kier molecular flexibility index (Phi) is 3.23. The van der Waals surface area contributed by atoms with Crippen molar-refractivity contribution >= 4 is 21.9 Å². The second-order valence-corrected chi connectivity index (χ2v) is 5.50. The maximum Gasteiger partial charge on any atom is 0.306 e. The molecule has 1 aliphatic rings. The van der Waals surface area contributed by atoms with Gasteiger partial charge in [-0.3, -0.25) is 4.79 Å². The molecule has 0 aliphatic heterocycles. The van der Waals surface area contributed by atoms with Crippen LogP contribution in [0.5, 0.6) is 0 Å². The van der Waals surface area contributed by atoms with Crippen LogP contribution in [0.2, 0.25) is 0 Å². The molecule has 0 heterocycles. The van der Waals surface area contributed by atoms with Crippen LogP contribution in [-0.4, -0.2) is 21.8 Å². The number of halogens is 2. The summed E-state index contributed by atoms with van der Waals surface area (Å²) in [6.45, 7) is 0. The van der Waals surface area contributed by atoms with Gasteiger partial charge in [-0.15, -0.1) is 0 Å². The molecule has 0 bridgehead atoms. The standard InChI is InChI=1S/C12H12BrFO3/c13-9-1-2-10(14)7(3-9)4-12(17)5-8(6-12)11(15)16/h1-3,8,17H,4-6H2,(H,15,16). The van der Waals surface area contributed by atoms with Crippen molar-refractivity contribution in [3.05, 3.63) is 34.1 Å². The summed E-state index contributed by atoms with van der Waals surface area (Å²) in [5.41, 5.74) is -0.671. The minimum Gasteiger partial charge on any atom is -0.481 e. The first-order valence-corrected chi connectivity index (χ1v) is 6.08. The lowest BCUT2D eigenvalue weighted by molar-refractivity contribution is -0.158. The number of benzene rings is 1. The Bertz CT molecular complexity index is 455. The molecule has 0 amide bonds. The summed E-state index contributed by atoms with van der Waals surface area (Å²) in [6, 6.07) is 4.53. The van der Waals surface area contributed by atoms with Crippen LogP contribution < -0.4 is 0 Å². The molecule has 0 unspecified atom stereocenters. The van der Waals surface area contributed by atoms with Crippen LogP contribution in [-0.2, 0) is 11.2 Å². The van der Waals surface area contributed by atoms with E-state index in [-0.39, 0.29) is 25.1 Å². The highest BCUT2D eigenvalue weighted by atomic mass is 79.9. The van der Waals surface area contributed by atoms with Crippen molar-refractivity contribution in [2.45, 2.75) is 24.9 Å². The third-order valence-electron chi connectivity index (χ3n) is 3.13. The van der Waals surface area contributed by atoms with Crippen LogP contribution in [0.4, 0.5) is 4.39 Å². The Balaban J connectivity index is 2.07. The lowest BCUT2D eigenvalue weighted by Crippen LogP contribution is -2.48. The van der Waals surface area contributed by atoms with Crippen LogP contribution >= 0.6 is 15.9 Å². The van der Waals surface area contributed by atoms with E-state index < -0.39 is 17.5 Å². The molecule has 92 valence electrons. The molecule has 0 aromatic heterocycles. The van der Waals surface area contributed by atoms with Gasteiger partial charge in [-0.05, 0) is 36.6 Å².